The number of halogens is 1. The summed E-state index contributed by atoms with van der Waals surface area (Å²) in [6.07, 6.45) is 0. The van der Waals surface area contributed by atoms with Crippen LogP contribution in [-0.4, -0.2) is 46.5 Å². The number of nitrogens with zero attached hydrogens (tertiary/aromatic N) is 1. The predicted octanol–water partition coefficient (Wildman–Crippen LogP) is 1.68. The molecule has 0 fully saturated rings. The molecule has 0 atom stereocenters. The quantitative estimate of drug-likeness (QED) is 0.760. The molecule has 1 aromatic carbocycles. The minimum Gasteiger partial charge on any atom is -0.310 e. The van der Waals surface area contributed by atoms with E-state index in [1.807, 2.05) is 32.8 Å². The van der Waals surface area contributed by atoms with E-state index < -0.39 is 10.0 Å². The van der Waals surface area contributed by atoms with E-state index >= 15 is 0 Å². The van der Waals surface area contributed by atoms with Gasteiger partial charge in [-0.25, -0.2) is 13.1 Å². The first-order chi connectivity index (χ1) is 9.72. The summed E-state index contributed by atoms with van der Waals surface area (Å²) in [4.78, 5) is 2.16. The highest BCUT2D eigenvalue weighted by Gasteiger charge is 2.15. The van der Waals surface area contributed by atoms with Crippen molar-refractivity contribution in [2.75, 3.05) is 27.2 Å². The topological polar surface area (TPSA) is 61.4 Å². The van der Waals surface area contributed by atoms with Crippen LogP contribution in [0, 0.1) is 0 Å². The monoisotopic (exact) mass is 333 g/mol. The number of nitrogens with one attached hydrogen (secondary N) is 2. The molecule has 1 aromatic rings. The Morgan fingerprint density at radius 1 is 1.29 bits per heavy atom. The number of hydrogen-bond acceptors (Lipinski definition) is 4. The second-order valence-electron chi connectivity index (χ2n) is 5.49. The number of hydrogen-bond donors (Lipinski definition) is 2. The molecule has 0 spiro atoms. The minimum absolute atomic E-state index is 0.242. The second-order valence-corrected chi connectivity index (χ2v) is 7.66. The lowest BCUT2D eigenvalue weighted by molar-refractivity contribution is 0.412. The van der Waals surface area contributed by atoms with Crippen molar-refractivity contribution in [2.45, 2.75) is 31.3 Å². The first-order valence-corrected chi connectivity index (χ1v) is 8.74. The largest absolute Gasteiger partial charge is 0.310 e. The number of likely N-dealkylation sites (N-methyl/N-ethyl adjacent to an activating group) is 1. The molecular formula is C14H24ClN3O2S. The average molecular weight is 334 g/mol. The van der Waals surface area contributed by atoms with Gasteiger partial charge < -0.3 is 10.2 Å². The number of rotatable bonds is 8. The lowest BCUT2D eigenvalue weighted by Gasteiger charge is -2.13. The van der Waals surface area contributed by atoms with E-state index in [9.17, 15) is 8.42 Å². The van der Waals surface area contributed by atoms with Gasteiger partial charge in [-0.2, -0.15) is 0 Å². The third-order valence-electron chi connectivity index (χ3n) is 2.88. The van der Waals surface area contributed by atoms with Gasteiger partial charge in [-0.05, 0) is 37.9 Å². The lowest BCUT2D eigenvalue weighted by atomic mass is 10.2. The smallest absolute Gasteiger partial charge is 0.240 e. The molecule has 0 bridgehead atoms. The van der Waals surface area contributed by atoms with Crippen molar-refractivity contribution in [1.29, 1.82) is 0 Å². The standard InChI is InChI=1S/C14H24ClN3O2S/c1-11(2)16-10-12-9-13(5-6-14(12)15)21(19,20)17-7-8-18(3)4/h5-6,9,11,16-17H,7-8,10H2,1-4H3. The van der Waals surface area contributed by atoms with Gasteiger partial charge in [0.05, 0.1) is 4.90 Å². The lowest BCUT2D eigenvalue weighted by Crippen LogP contribution is -2.31. The minimum atomic E-state index is -3.50. The number of sulfonamides is 1. The molecule has 0 unspecified atom stereocenters. The highest BCUT2D eigenvalue weighted by atomic mass is 35.5. The van der Waals surface area contributed by atoms with Crippen LogP contribution in [0.25, 0.3) is 0 Å². The predicted molar refractivity (Wildman–Crippen MR) is 87.2 cm³/mol. The van der Waals surface area contributed by atoms with Crippen LogP contribution in [-0.2, 0) is 16.6 Å². The van der Waals surface area contributed by atoms with Crippen LogP contribution in [0.3, 0.4) is 0 Å². The van der Waals surface area contributed by atoms with Crippen LogP contribution in [0.1, 0.15) is 19.4 Å². The van der Waals surface area contributed by atoms with Crippen molar-refractivity contribution < 1.29 is 8.42 Å². The molecule has 0 aliphatic rings. The summed E-state index contributed by atoms with van der Waals surface area (Å²) in [6.45, 7) is 5.61. The van der Waals surface area contributed by atoms with Crippen molar-refractivity contribution >= 4 is 21.6 Å². The first kappa shape index (κ1) is 18.4. The van der Waals surface area contributed by atoms with Crippen LogP contribution < -0.4 is 10.0 Å². The normalized spacial score (nSPS) is 12.3. The van der Waals surface area contributed by atoms with Gasteiger partial charge in [-0.1, -0.05) is 25.4 Å². The summed E-state index contributed by atoms with van der Waals surface area (Å²) in [5, 5.41) is 3.80. The maximum atomic E-state index is 12.2. The molecule has 1 rings (SSSR count). The Morgan fingerprint density at radius 3 is 2.52 bits per heavy atom. The molecule has 0 saturated heterocycles. The summed E-state index contributed by atoms with van der Waals surface area (Å²) < 4.78 is 27.0. The highest BCUT2D eigenvalue weighted by Crippen LogP contribution is 2.20. The van der Waals surface area contributed by atoms with Crippen molar-refractivity contribution in [3.8, 4) is 0 Å². The van der Waals surface area contributed by atoms with E-state index in [0.717, 1.165) is 5.56 Å². The zero-order chi connectivity index (χ0) is 16.0. The molecule has 0 amide bonds. The molecule has 5 nitrogen and oxygen atoms in total. The van der Waals surface area contributed by atoms with Crippen molar-refractivity contribution in [2.24, 2.45) is 0 Å². The fraction of sp³-hybridized carbons (Fsp3) is 0.571. The molecule has 0 aliphatic heterocycles. The van der Waals surface area contributed by atoms with Gasteiger partial charge in [0, 0.05) is 30.7 Å². The summed E-state index contributed by atoms with van der Waals surface area (Å²) in [7, 11) is 0.293. The van der Waals surface area contributed by atoms with Crippen LogP contribution in [0.2, 0.25) is 5.02 Å². The van der Waals surface area contributed by atoms with Crippen molar-refractivity contribution in [1.82, 2.24) is 14.9 Å². The van der Waals surface area contributed by atoms with Gasteiger partial charge in [0.25, 0.3) is 0 Å². The zero-order valence-electron chi connectivity index (χ0n) is 13.0. The van der Waals surface area contributed by atoms with Gasteiger partial charge in [0.1, 0.15) is 0 Å². The third kappa shape index (κ3) is 6.32. The van der Waals surface area contributed by atoms with E-state index in [1.54, 1.807) is 12.1 Å². The van der Waals surface area contributed by atoms with Gasteiger partial charge in [0.15, 0.2) is 0 Å². The fourth-order valence-electron chi connectivity index (χ4n) is 1.65. The Balaban J connectivity index is 2.84. The molecule has 0 aromatic heterocycles. The molecule has 0 saturated carbocycles. The SMILES string of the molecule is CC(C)NCc1cc(S(=O)(=O)NCCN(C)C)ccc1Cl. The molecule has 0 heterocycles. The first-order valence-electron chi connectivity index (χ1n) is 6.88. The zero-order valence-corrected chi connectivity index (χ0v) is 14.6. The molecule has 0 radical (unpaired) electrons. The van der Waals surface area contributed by atoms with E-state index in [0.29, 0.717) is 30.7 Å². The summed E-state index contributed by atoms with van der Waals surface area (Å²) in [6, 6.07) is 5.08. The molecule has 2 N–H and O–H groups in total. The maximum Gasteiger partial charge on any atom is 0.240 e. The summed E-state index contributed by atoms with van der Waals surface area (Å²) in [5.74, 6) is 0. The van der Waals surface area contributed by atoms with Gasteiger partial charge >= 0.3 is 0 Å². The Kier molecular flexibility index (Phi) is 7.09. The highest BCUT2D eigenvalue weighted by molar-refractivity contribution is 7.89. The van der Waals surface area contributed by atoms with Crippen molar-refractivity contribution in [3.05, 3.63) is 28.8 Å². The van der Waals surface area contributed by atoms with Crippen LogP contribution in [0.4, 0.5) is 0 Å². The molecule has 0 aliphatic carbocycles. The Hall–Kier alpha value is -0.660. The Morgan fingerprint density at radius 2 is 1.95 bits per heavy atom. The van der Waals surface area contributed by atoms with Crippen LogP contribution in [0.15, 0.2) is 23.1 Å². The van der Waals surface area contributed by atoms with Gasteiger partial charge in [-0.15, -0.1) is 0 Å². The Labute approximate surface area is 132 Å². The van der Waals surface area contributed by atoms with Crippen molar-refractivity contribution in [3.63, 3.8) is 0 Å². The van der Waals surface area contributed by atoms with E-state index in [-0.39, 0.29) is 4.90 Å². The van der Waals surface area contributed by atoms with E-state index in [2.05, 4.69) is 10.0 Å². The second kappa shape index (κ2) is 8.10. The fourth-order valence-corrected chi connectivity index (χ4v) is 2.91. The van der Waals surface area contributed by atoms with Gasteiger partial charge in [0.2, 0.25) is 10.0 Å². The Bertz CT molecular complexity index is 559. The van der Waals surface area contributed by atoms with Crippen LogP contribution >= 0.6 is 11.6 Å². The molecule has 120 valence electrons. The molecule has 7 heteroatoms. The average Bonchev–Trinajstić information content (AvgIpc) is 2.36. The van der Waals surface area contributed by atoms with Crippen LogP contribution in [0.5, 0.6) is 0 Å². The van der Waals surface area contributed by atoms with E-state index in [4.69, 9.17) is 11.6 Å². The third-order valence-corrected chi connectivity index (χ3v) is 4.71. The number of benzene rings is 1. The maximum absolute atomic E-state index is 12.2. The molecular weight excluding hydrogens is 310 g/mol. The molecule has 21 heavy (non-hydrogen) atoms. The van der Waals surface area contributed by atoms with E-state index in [1.165, 1.54) is 6.07 Å². The van der Waals surface area contributed by atoms with Gasteiger partial charge in [-0.3, -0.25) is 0 Å². The summed E-state index contributed by atoms with van der Waals surface area (Å²) in [5.41, 5.74) is 0.779. The summed E-state index contributed by atoms with van der Waals surface area (Å²) >= 11 is 6.11.